The molecule has 0 atom stereocenters. The zero-order chi connectivity index (χ0) is 12.0. The van der Waals surface area contributed by atoms with Gasteiger partial charge in [-0.3, -0.25) is 0 Å². The fourth-order valence-electron chi connectivity index (χ4n) is 1.07. The zero-order valence-electron chi connectivity index (χ0n) is 8.83. The van der Waals surface area contributed by atoms with Crippen molar-refractivity contribution < 1.29 is 8.42 Å². The third kappa shape index (κ3) is 3.97. The van der Waals surface area contributed by atoms with E-state index in [-0.39, 0.29) is 4.90 Å². The SMILES string of the molecule is CC#CCCNS(=O)(=O)c1ccc(Br)cc1. The van der Waals surface area contributed by atoms with E-state index in [1.165, 1.54) is 0 Å². The van der Waals surface area contributed by atoms with E-state index in [2.05, 4.69) is 32.5 Å². The normalized spacial score (nSPS) is 10.6. The molecule has 0 heterocycles. The Labute approximate surface area is 104 Å². The van der Waals surface area contributed by atoms with E-state index in [4.69, 9.17) is 0 Å². The lowest BCUT2D eigenvalue weighted by Gasteiger charge is -2.04. The van der Waals surface area contributed by atoms with Crippen molar-refractivity contribution in [2.45, 2.75) is 18.2 Å². The number of halogens is 1. The second-order valence-electron chi connectivity index (χ2n) is 3.03. The minimum absolute atomic E-state index is 0.264. The Balaban J connectivity index is 2.69. The summed E-state index contributed by atoms with van der Waals surface area (Å²) in [4.78, 5) is 0.264. The maximum atomic E-state index is 11.7. The molecule has 1 aromatic rings. The highest BCUT2D eigenvalue weighted by molar-refractivity contribution is 9.10. The summed E-state index contributed by atoms with van der Waals surface area (Å²) in [7, 11) is -3.40. The average molecular weight is 302 g/mol. The van der Waals surface area contributed by atoms with Gasteiger partial charge in [-0.2, -0.15) is 0 Å². The predicted octanol–water partition coefficient (Wildman–Crippen LogP) is 2.14. The highest BCUT2D eigenvalue weighted by Crippen LogP contribution is 2.14. The van der Waals surface area contributed by atoms with Crippen LogP contribution < -0.4 is 4.72 Å². The van der Waals surface area contributed by atoms with Crippen molar-refractivity contribution in [3.8, 4) is 11.8 Å². The number of benzene rings is 1. The molecule has 1 rings (SSSR count). The summed E-state index contributed by atoms with van der Waals surface area (Å²) >= 11 is 3.25. The molecule has 0 radical (unpaired) electrons. The quantitative estimate of drug-likeness (QED) is 0.684. The van der Waals surface area contributed by atoms with Crippen molar-refractivity contribution in [1.29, 1.82) is 0 Å². The maximum absolute atomic E-state index is 11.7. The first-order valence-electron chi connectivity index (χ1n) is 4.71. The largest absolute Gasteiger partial charge is 0.240 e. The van der Waals surface area contributed by atoms with Gasteiger partial charge >= 0.3 is 0 Å². The molecular formula is C11H12BrNO2S. The highest BCUT2D eigenvalue weighted by atomic mass is 79.9. The summed E-state index contributed by atoms with van der Waals surface area (Å²) in [5, 5.41) is 0. The highest BCUT2D eigenvalue weighted by Gasteiger charge is 2.11. The third-order valence-electron chi connectivity index (χ3n) is 1.84. The van der Waals surface area contributed by atoms with Crippen molar-refractivity contribution in [3.05, 3.63) is 28.7 Å². The summed E-state index contributed by atoms with van der Waals surface area (Å²) in [5.41, 5.74) is 0. The Morgan fingerprint density at radius 2 is 1.94 bits per heavy atom. The van der Waals surface area contributed by atoms with E-state index < -0.39 is 10.0 Å². The Kier molecular flexibility index (Phi) is 5.00. The summed E-state index contributed by atoms with van der Waals surface area (Å²) in [6.45, 7) is 2.06. The van der Waals surface area contributed by atoms with Gasteiger partial charge < -0.3 is 0 Å². The molecule has 0 aliphatic carbocycles. The number of hydrogen-bond acceptors (Lipinski definition) is 2. The van der Waals surface area contributed by atoms with Gasteiger partial charge in [-0.15, -0.1) is 11.8 Å². The van der Waals surface area contributed by atoms with Crippen molar-refractivity contribution in [3.63, 3.8) is 0 Å². The van der Waals surface area contributed by atoms with Gasteiger partial charge in [-0.1, -0.05) is 15.9 Å². The van der Waals surface area contributed by atoms with Crippen LogP contribution in [-0.4, -0.2) is 15.0 Å². The molecule has 0 aliphatic heterocycles. The van der Waals surface area contributed by atoms with Crippen LogP contribution in [0, 0.1) is 11.8 Å². The molecular weight excluding hydrogens is 290 g/mol. The summed E-state index contributed by atoms with van der Waals surface area (Å²) in [6.07, 6.45) is 0.520. The first-order valence-corrected chi connectivity index (χ1v) is 6.99. The molecule has 0 unspecified atom stereocenters. The predicted molar refractivity (Wildman–Crippen MR) is 67.4 cm³/mol. The molecule has 0 fully saturated rings. The molecule has 0 saturated carbocycles. The number of sulfonamides is 1. The van der Waals surface area contributed by atoms with Gasteiger partial charge in [0.2, 0.25) is 10.0 Å². The minimum Gasteiger partial charge on any atom is -0.210 e. The maximum Gasteiger partial charge on any atom is 0.240 e. The molecule has 0 bridgehead atoms. The molecule has 0 amide bonds. The molecule has 0 spiro atoms. The first-order chi connectivity index (χ1) is 7.56. The van der Waals surface area contributed by atoms with Crippen LogP contribution in [0.25, 0.3) is 0 Å². The molecule has 0 aromatic heterocycles. The third-order valence-corrected chi connectivity index (χ3v) is 3.85. The standard InChI is InChI=1S/C11H12BrNO2S/c1-2-3-4-9-13-16(14,15)11-7-5-10(12)6-8-11/h5-8,13H,4,9H2,1H3. The van der Waals surface area contributed by atoms with Gasteiger partial charge in [0, 0.05) is 17.4 Å². The lowest BCUT2D eigenvalue weighted by atomic mass is 10.4. The Bertz CT molecular complexity index is 497. The minimum atomic E-state index is -3.40. The second kappa shape index (κ2) is 6.04. The van der Waals surface area contributed by atoms with Crippen LogP contribution >= 0.6 is 15.9 Å². The van der Waals surface area contributed by atoms with Crippen LogP contribution in [0.5, 0.6) is 0 Å². The molecule has 86 valence electrons. The van der Waals surface area contributed by atoms with Crippen LogP contribution in [-0.2, 0) is 10.0 Å². The second-order valence-corrected chi connectivity index (χ2v) is 5.71. The molecule has 1 aromatic carbocycles. The van der Waals surface area contributed by atoms with Crippen LogP contribution in [0.3, 0.4) is 0 Å². The van der Waals surface area contributed by atoms with Crippen LogP contribution in [0.4, 0.5) is 0 Å². The van der Waals surface area contributed by atoms with Crippen molar-refractivity contribution in [2.75, 3.05) is 6.54 Å². The monoisotopic (exact) mass is 301 g/mol. The smallest absolute Gasteiger partial charge is 0.210 e. The zero-order valence-corrected chi connectivity index (χ0v) is 11.2. The van der Waals surface area contributed by atoms with E-state index in [0.717, 1.165) is 4.47 Å². The van der Waals surface area contributed by atoms with Gasteiger partial charge in [0.05, 0.1) is 4.90 Å². The van der Waals surface area contributed by atoms with Crippen LogP contribution in [0.1, 0.15) is 13.3 Å². The average Bonchev–Trinajstić information content (AvgIpc) is 2.25. The Morgan fingerprint density at radius 1 is 1.31 bits per heavy atom. The van der Waals surface area contributed by atoms with Crippen molar-refractivity contribution in [1.82, 2.24) is 4.72 Å². The van der Waals surface area contributed by atoms with E-state index in [1.54, 1.807) is 31.2 Å². The lowest BCUT2D eigenvalue weighted by molar-refractivity contribution is 0.582. The first kappa shape index (κ1) is 13.2. The Morgan fingerprint density at radius 3 is 2.50 bits per heavy atom. The van der Waals surface area contributed by atoms with Gasteiger partial charge in [-0.05, 0) is 31.2 Å². The van der Waals surface area contributed by atoms with Gasteiger partial charge in [0.15, 0.2) is 0 Å². The van der Waals surface area contributed by atoms with Gasteiger partial charge in [0.1, 0.15) is 0 Å². The van der Waals surface area contributed by atoms with Gasteiger partial charge in [0.25, 0.3) is 0 Å². The van der Waals surface area contributed by atoms with E-state index in [9.17, 15) is 8.42 Å². The van der Waals surface area contributed by atoms with Gasteiger partial charge in [-0.25, -0.2) is 13.1 Å². The number of hydrogen-bond donors (Lipinski definition) is 1. The molecule has 1 N–H and O–H groups in total. The summed E-state index contributed by atoms with van der Waals surface area (Å²) in [5.74, 6) is 5.51. The van der Waals surface area contributed by atoms with Crippen LogP contribution in [0.15, 0.2) is 33.6 Å². The number of nitrogens with one attached hydrogen (secondary N) is 1. The van der Waals surface area contributed by atoms with Crippen LogP contribution in [0.2, 0.25) is 0 Å². The lowest BCUT2D eigenvalue weighted by Crippen LogP contribution is -2.24. The van der Waals surface area contributed by atoms with Crippen molar-refractivity contribution in [2.24, 2.45) is 0 Å². The van der Waals surface area contributed by atoms with E-state index in [1.807, 2.05) is 0 Å². The molecule has 0 aliphatic rings. The summed E-state index contributed by atoms with van der Waals surface area (Å²) in [6, 6.07) is 6.50. The fourth-order valence-corrected chi connectivity index (χ4v) is 2.37. The van der Waals surface area contributed by atoms with E-state index >= 15 is 0 Å². The fraction of sp³-hybridized carbons (Fsp3) is 0.273. The molecule has 3 nitrogen and oxygen atoms in total. The molecule has 16 heavy (non-hydrogen) atoms. The topological polar surface area (TPSA) is 46.2 Å². The Hall–Kier alpha value is -0.830. The van der Waals surface area contributed by atoms with Crippen molar-refractivity contribution >= 4 is 26.0 Å². The summed E-state index contributed by atoms with van der Waals surface area (Å²) < 4.78 is 26.8. The molecule has 5 heteroatoms. The number of rotatable bonds is 4. The van der Waals surface area contributed by atoms with E-state index in [0.29, 0.717) is 13.0 Å². The molecule has 0 saturated heterocycles.